The Morgan fingerprint density at radius 1 is 1.52 bits per heavy atom. The van der Waals surface area contributed by atoms with Gasteiger partial charge in [-0.3, -0.25) is 0 Å². The van der Waals surface area contributed by atoms with Gasteiger partial charge in [0.25, 0.3) is 0 Å². The van der Waals surface area contributed by atoms with Crippen LogP contribution < -0.4 is 5.32 Å². The molecule has 0 bridgehead atoms. The Bertz CT molecular complexity index is 515. The molecule has 0 atom stereocenters. The lowest BCUT2D eigenvalue weighted by Crippen LogP contribution is -2.44. The van der Waals surface area contributed by atoms with E-state index >= 15 is 0 Å². The predicted octanol–water partition coefficient (Wildman–Crippen LogP) is 1.26. The summed E-state index contributed by atoms with van der Waals surface area (Å²) in [5, 5.41) is 23.0. The summed E-state index contributed by atoms with van der Waals surface area (Å²) >= 11 is 0. The molecule has 1 fully saturated rings. The molecule has 2 heterocycles. The molecule has 1 aromatic heterocycles. The smallest absolute Gasteiger partial charge is 0.407 e. The van der Waals surface area contributed by atoms with Gasteiger partial charge in [-0.2, -0.15) is 0 Å². The second-order valence-corrected chi connectivity index (χ2v) is 4.99. The zero-order valence-electron chi connectivity index (χ0n) is 11.6. The lowest BCUT2D eigenvalue weighted by atomic mass is 10.0. The van der Waals surface area contributed by atoms with Crippen LogP contribution >= 0.6 is 0 Å². The van der Waals surface area contributed by atoms with Crippen LogP contribution in [0.4, 0.5) is 10.6 Å². The highest BCUT2D eigenvalue weighted by molar-refractivity contribution is 5.65. The number of hydrogen-bond donors (Lipinski definition) is 2. The minimum absolute atomic E-state index is 0.0972. The van der Waals surface area contributed by atoms with Crippen molar-refractivity contribution in [2.45, 2.75) is 25.3 Å². The minimum Gasteiger partial charge on any atom is -0.465 e. The summed E-state index contributed by atoms with van der Waals surface area (Å²) in [6.45, 7) is 1.67. The molecule has 2 N–H and O–H groups in total. The Morgan fingerprint density at radius 2 is 2.24 bits per heavy atom. The van der Waals surface area contributed by atoms with Crippen LogP contribution in [-0.4, -0.2) is 51.7 Å². The van der Waals surface area contributed by atoms with Crippen LogP contribution in [0.15, 0.2) is 18.3 Å². The van der Waals surface area contributed by atoms with Gasteiger partial charge in [-0.15, -0.1) is 0 Å². The fourth-order valence-electron chi connectivity index (χ4n) is 2.48. The molecule has 1 aromatic rings. The Morgan fingerprint density at radius 3 is 2.86 bits per heavy atom. The van der Waals surface area contributed by atoms with E-state index in [-0.39, 0.29) is 11.9 Å². The third-order valence-electron chi connectivity index (χ3n) is 3.63. The van der Waals surface area contributed by atoms with E-state index in [2.05, 4.69) is 10.3 Å². The lowest BCUT2D eigenvalue weighted by molar-refractivity contribution is -0.390. The van der Waals surface area contributed by atoms with Gasteiger partial charge in [0.2, 0.25) is 0 Å². The summed E-state index contributed by atoms with van der Waals surface area (Å²) in [6, 6.07) is 3.66. The van der Waals surface area contributed by atoms with Crippen molar-refractivity contribution in [3.05, 3.63) is 34.0 Å². The van der Waals surface area contributed by atoms with Gasteiger partial charge in [0.15, 0.2) is 0 Å². The van der Waals surface area contributed by atoms with Crippen LogP contribution in [0, 0.1) is 10.1 Å². The highest BCUT2D eigenvalue weighted by Crippen LogP contribution is 2.15. The third-order valence-corrected chi connectivity index (χ3v) is 3.63. The van der Waals surface area contributed by atoms with Gasteiger partial charge < -0.3 is 25.4 Å². The summed E-state index contributed by atoms with van der Waals surface area (Å²) < 4.78 is 0. The summed E-state index contributed by atoms with van der Waals surface area (Å²) in [7, 11) is 0. The van der Waals surface area contributed by atoms with Gasteiger partial charge in [0.1, 0.15) is 6.20 Å². The molecule has 0 aliphatic carbocycles. The minimum atomic E-state index is -0.876. The van der Waals surface area contributed by atoms with E-state index in [9.17, 15) is 14.9 Å². The van der Waals surface area contributed by atoms with Crippen LogP contribution in [0.2, 0.25) is 0 Å². The molecule has 1 aliphatic rings. The number of carbonyl (C=O) groups is 1. The van der Waals surface area contributed by atoms with Crippen LogP contribution in [0.5, 0.6) is 0 Å². The number of pyridine rings is 1. The predicted molar refractivity (Wildman–Crippen MR) is 75.2 cm³/mol. The number of carboxylic acid groups (broad SMARTS) is 1. The molecule has 8 heteroatoms. The van der Waals surface area contributed by atoms with Crippen molar-refractivity contribution in [1.82, 2.24) is 15.2 Å². The van der Waals surface area contributed by atoms with Gasteiger partial charge in [-0.1, -0.05) is 0 Å². The fraction of sp³-hybridized carbons (Fsp3) is 0.538. The number of hydrogen-bond acceptors (Lipinski definition) is 5. The van der Waals surface area contributed by atoms with E-state index in [1.807, 2.05) is 0 Å². The van der Waals surface area contributed by atoms with Crippen molar-refractivity contribution in [3.63, 3.8) is 0 Å². The van der Waals surface area contributed by atoms with E-state index < -0.39 is 11.0 Å². The van der Waals surface area contributed by atoms with Crippen molar-refractivity contribution in [3.8, 4) is 0 Å². The van der Waals surface area contributed by atoms with E-state index in [1.54, 1.807) is 12.1 Å². The van der Waals surface area contributed by atoms with Gasteiger partial charge in [0.05, 0.1) is 5.56 Å². The molecule has 8 nitrogen and oxygen atoms in total. The molecule has 1 amide bonds. The monoisotopic (exact) mass is 294 g/mol. The molecule has 0 spiro atoms. The molecule has 2 rings (SSSR count). The molecule has 0 radical (unpaired) electrons. The number of piperidine rings is 1. The van der Waals surface area contributed by atoms with Gasteiger partial charge in [-0.25, -0.2) is 4.79 Å². The number of likely N-dealkylation sites (tertiary alicyclic amines) is 1. The third kappa shape index (κ3) is 4.12. The van der Waals surface area contributed by atoms with Crippen molar-refractivity contribution in [1.29, 1.82) is 0 Å². The first-order valence-electron chi connectivity index (χ1n) is 6.87. The normalized spacial score (nSPS) is 15.9. The number of aromatic nitrogens is 1. The number of nitro groups is 1. The number of nitrogens with zero attached hydrogens (tertiary/aromatic N) is 3. The van der Waals surface area contributed by atoms with E-state index in [0.29, 0.717) is 31.6 Å². The van der Waals surface area contributed by atoms with Crippen molar-refractivity contribution in [2.75, 3.05) is 19.6 Å². The topological polar surface area (TPSA) is 109 Å². The Labute approximate surface area is 121 Å². The molecular weight excluding hydrogens is 276 g/mol. The second-order valence-electron chi connectivity index (χ2n) is 4.99. The number of amides is 1. The quantitative estimate of drug-likeness (QED) is 0.625. The van der Waals surface area contributed by atoms with Gasteiger partial charge in [-0.05, 0) is 47.8 Å². The molecule has 0 aromatic carbocycles. The Kier molecular flexibility index (Phi) is 5.04. The summed E-state index contributed by atoms with van der Waals surface area (Å²) in [5.74, 6) is -0.0972. The average Bonchev–Trinajstić information content (AvgIpc) is 2.48. The molecule has 1 aliphatic heterocycles. The maximum atomic E-state index is 10.8. The van der Waals surface area contributed by atoms with Crippen molar-refractivity contribution < 1.29 is 14.8 Å². The van der Waals surface area contributed by atoms with E-state index in [4.69, 9.17) is 5.11 Å². The zero-order chi connectivity index (χ0) is 15.2. The molecule has 1 saturated heterocycles. The van der Waals surface area contributed by atoms with Crippen LogP contribution in [0.1, 0.15) is 18.4 Å². The SMILES string of the molecule is O=C(O)N1CCC(NCCc2cccnc2[N+](=O)[O-])CC1. The van der Waals surface area contributed by atoms with E-state index in [0.717, 1.165) is 12.8 Å². The maximum Gasteiger partial charge on any atom is 0.407 e. The van der Waals surface area contributed by atoms with Crippen LogP contribution in [0.25, 0.3) is 0 Å². The summed E-state index contributed by atoms with van der Waals surface area (Å²) in [4.78, 5) is 26.4. The highest BCUT2D eigenvalue weighted by atomic mass is 16.6. The van der Waals surface area contributed by atoms with Crippen molar-refractivity contribution >= 4 is 11.9 Å². The molecule has 114 valence electrons. The second kappa shape index (κ2) is 6.98. The zero-order valence-corrected chi connectivity index (χ0v) is 11.6. The van der Waals surface area contributed by atoms with E-state index in [1.165, 1.54) is 11.1 Å². The standard InChI is InChI=1S/C13H18N4O4/c18-13(19)16-8-4-11(5-9-16)14-7-3-10-2-1-6-15-12(10)17(20)21/h1-2,6,11,14H,3-5,7-9H2,(H,18,19). The molecule has 0 unspecified atom stereocenters. The number of nitrogens with one attached hydrogen (secondary N) is 1. The first-order valence-corrected chi connectivity index (χ1v) is 6.87. The Balaban J connectivity index is 1.78. The van der Waals surface area contributed by atoms with Crippen LogP contribution in [-0.2, 0) is 6.42 Å². The molecular formula is C13H18N4O4. The highest BCUT2D eigenvalue weighted by Gasteiger charge is 2.22. The lowest BCUT2D eigenvalue weighted by Gasteiger charge is -2.30. The fourth-order valence-corrected chi connectivity index (χ4v) is 2.48. The Hall–Kier alpha value is -2.22. The van der Waals surface area contributed by atoms with Crippen LogP contribution in [0.3, 0.4) is 0 Å². The maximum absolute atomic E-state index is 10.8. The van der Waals surface area contributed by atoms with Gasteiger partial charge in [0, 0.05) is 19.1 Å². The van der Waals surface area contributed by atoms with Gasteiger partial charge >= 0.3 is 11.9 Å². The molecule has 0 saturated carbocycles. The average molecular weight is 294 g/mol. The largest absolute Gasteiger partial charge is 0.465 e. The van der Waals surface area contributed by atoms with Crippen molar-refractivity contribution in [2.24, 2.45) is 0 Å². The summed E-state index contributed by atoms with van der Waals surface area (Å²) in [5.41, 5.74) is 0.609. The number of rotatable bonds is 5. The first kappa shape index (κ1) is 15.2. The first-order chi connectivity index (χ1) is 10.1. The molecule has 21 heavy (non-hydrogen) atoms. The summed E-state index contributed by atoms with van der Waals surface area (Å²) in [6.07, 6.45) is 2.60.